The van der Waals surface area contributed by atoms with Crippen molar-refractivity contribution in [2.45, 2.75) is 39.2 Å². The molecule has 8 nitrogen and oxygen atoms in total. The van der Waals surface area contributed by atoms with Crippen LogP contribution in [0.2, 0.25) is 0 Å². The second-order valence-electron chi connectivity index (χ2n) is 6.48. The average molecular weight is 395 g/mol. The lowest BCUT2D eigenvalue weighted by Crippen LogP contribution is -2.45. The van der Waals surface area contributed by atoms with Gasteiger partial charge in [0, 0.05) is 19.1 Å². The Kier molecular flexibility index (Phi) is 7.78. The second kappa shape index (κ2) is 10.1. The lowest BCUT2D eigenvalue weighted by atomic mass is 9.97. The summed E-state index contributed by atoms with van der Waals surface area (Å²) in [6, 6.07) is 2.95. The Bertz CT molecular complexity index is 669. The molecule has 0 spiro atoms. The Morgan fingerprint density at radius 3 is 2.59 bits per heavy atom. The summed E-state index contributed by atoms with van der Waals surface area (Å²) in [7, 11) is 0. The maximum Gasteiger partial charge on any atom is 0.321 e. The van der Waals surface area contributed by atoms with Crippen molar-refractivity contribution in [2.24, 2.45) is 5.92 Å². The molecule has 148 valence electrons. The first-order valence-electron chi connectivity index (χ1n) is 9.00. The molecular weight excluding hydrogens is 370 g/mol. The number of amides is 4. The predicted molar refractivity (Wildman–Crippen MR) is 100 cm³/mol. The Morgan fingerprint density at radius 2 is 2.00 bits per heavy atom. The van der Waals surface area contributed by atoms with Gasteiger partial charge in [-0.25, -0.2) is 4.79 Å². The summed E-state index contributed by atoms with van der Waals surface area (Å²) >= 11 is 1.39. The van der Waals surface area contributed by atoms with Gasteiger partial charge in [-0.3, -0.25) is 19.7 Å². The van der Waals surface area contributed by atoms with Gasteiger partial charge >= 0.3 is 12.0 Å². The van der Waals surface area contributed by atoms with Gasteiger partial charge in [0.05, 0.1) is 10.8 Å². The highest BCUT2D eigenvalue weighted by Crippen LogP contribution is 2.21. The summed E-state index contributed by atoms with van der Waals surface area (Å²) in [6.07, 6.45) is 1.72. The van der Waals surface area contributed by atoms with Crippen LogP contribution in [-0.2, 0) is 14.3 Å². The molecule has 1 saturated heterocycles. The monoisotopic (exact) mass is 395 g/mol. The number of ether oxygens (including phenoxy) is 1. The number of carbonyl (C=O) groups is 4. The highest BCUT2D eigenvalue weighted by atomic mass is 32.1. The van der Waals surface area contributed by atoms with Gasteiger partial charge in [0.15, 0.2) is 6.61 Å². The Balaban J connectivity index is 1.69. The fourth-order valence-corrected chi connectivity index (χ4v) is 3.34. The number of hydrogen-bond acceptors (Lipinski definition) is 6. The third-order valence-electron chi connectivity index (χ3n) is 4.44. The number of imide groups is 1. The van der Waals surface area contributed by atoms with E-state index >= 15 is 0 Å². The van der Waals surface area contributed by atoms with E-state index in [1.54, 1.807) is 11.0 Å². The van der Waals surface area contributed by atoms with Gasteiger partial charge in [-0.15, -0.1) is 11.3 Å². The van der Waals surface area contributed by atoms with Crippen LogP contribution >= 0.6 is 11.3 Å². The molecule has 1 fully saturated rings. The van der Waals surface area contributed by atoms with E-state index in [1.165, 1.54) is 11.3 Å². The molecule has 0 aliphatic carbocycles. The van der Waals surface area contributed by atoms with E-state index in [-0.39, 0.29) is 17.9 Å². The van der Waals surface area contributed by atoms with Gasteiger partial charge in [-0.05, 0) is 37.6 Å². The molecule has 2 heterocycles. The number of rotatable bonds is 6. The maximum atomic E-state index is 12.3. The highest BCUT2D eigenvalue weighted by molar-refractivity contribution is 7.12. The van der Waals surface area contributed by atoms with E-state index in [9.17, 15) is 19.2 Å². The van der Waals surface area contributed by atoms with Crippen LogP contribution in [0.5, 0.6) is 0 Å². The van der Waals surface area contributed by atoms with Crippen molar-refractivity contribution in [1.29, 1.82) is 0 Å². The molecule has 1 aliphatic heterocycles. The zero-order chi connectivity index (χ0) is 19.8. The lowest BCUT2D eigenvalue weighted by Gasteiger charge is -2.30. The smallest absolute Gasteiger partial charge is 0.321 e. The topological polar surface area (TPSA) is 105 Å². The first-order valence-corrected chi connectivity index (χ1v) is 9.88. The number of nitrogens with one attached hydrogen (secondary N) is 2. The summed E-state index contributed by atoms with van der Waals surface area (Å²) in [4.78, 5) is 50.0. The zero-order valence-corrected chi connectivity index (χ0v) is 16.3. The zero-order valence-electron chi connectivity index (χ0n) is 15.5. The number of likely N-dealkylation sites (tertiary alicyclic amines) is 1. The van der Waals surface area contributed by atoms with Crippen molar-refractivity contribution in [3.05, 3.63) is 22.4 Å². The Morgan fingerprint density at radius 1 is 1.30 bits per heavy atom. The normalized spacial score (nSPS) is 15.7. The van der Waals surface area contributed by atoms with Gasteiger partial charge in [0.25, 0.3) is 11.8 Å². The third-order valence-corrected chi connectivity index (χ3v) is 5.29. The van der Waals surface area contributed by atoms with E-state index in [4.69, 9.17) is 4.74 Å². The van der Waals surface area contributed by atoms with E-state index in [0.717, 1.165) is 6.42 Å². The van der Waals surface area contributed by atoms with Crippen molar-refractivity contribution in [3.8, 4) is 0 Å². The molecule has 4 amide bonds. The number of thiophene rings is 1. The molecule has 1 aliphatic rings. The SMILES string of the molecule is CC[C@H](C)NC(=O)NC(=O)COC(=O)C1CCN(C(=O)c2cccs2)CC1. The first kappa shape index (κ1) is 20.9. The largest absolute Gasteiger partial charge is 0.455 e. The van der Waals surface area contributed by atoms with Crippen LogP contribution in [-0.4, -0.2) is 54.5 Å². The van der Waals surface area contributed by atoms with Crippen LogP contribution in [0.1, 0.15) is 42.8 Å². The van der Waals surface area contributed by atoms with Crippen LogP contribution in [0.3, 0.4) is 0 Å². The van der Waals surface area contributed by atoms with Crippen LogP contribution < -0.4 is 10.6 Å². The van der Waals surface area contributed by atoms with E-state index in [0.29, 0.717) is 30.8 Å². The molecule has 0 unspecified atom stereocenters. The van der Waals surface area contributed by atoms with Crippen molar-refractivity contribution in [2.75, 3.05) is 19.7 Å². The molecule has 2 N–H and O–H groups in total. The molecule has 0 radical (unpaired) electrons. The highest BCUT2D eigenvalue weighted by Gasteiger charge is 2.29. The number of nitrogens with zero attached hydrogens (tertiary/aromatic N) is 1. The summed E-state index contributed by atoms with van der Waals surface area (Å²) < 4.78 is 5.01. The van der Waals surface area contributed by atoms with Gasteiger partial charge < -0.3 is 15.0 Å². The average Bonchev–Trinajstić information content (AvgIpc) is 3.20. The van der Waals surface area contributed by atoms with Crippen LogP contribution in [0.25, 0.3) is 0 Å². The summed E-state index contributed by atoms with van der Waals surface area (Å²) in [5.41, 5.74) is 0. The molecular formula is C18H25N3O5S. The second-order valence-corrected chi connectivity index (χ2v) is 7.43. The van der Waals surface area contributed by atoms with Gasteiger partial charge in [0.1, 0.15) is 0 Å². The minimum Gasteiger partial charge on any atom is -0.455 e. The number of carbonyl (C=O) groups excluding carboxylic acids is 4. The van der Waals surface area contributed by atoms with Gasteiger partial charge in [0.2, 0.25) is 0 Å². The van der Waals surface area contributed by atoms with Crippen molar-refractivity contribution in [3.63, 3.8) is 0 Å². The molecule has 9 heteroatoms. The fraction of sp³-hybridized carbons (Fsp3) is 0.556. The van der Waals surface area contributed by atoms with Crippen LogP contribution in [0, 0.1) is 5.92 Å². The van der Waals surface area contributed by atoms with Gasteiger partial charge in [-0.2, -0.15) is 0 Å². The molecule has 0 bridgehead atoms. The molecule has 1 aromatic heterocycles. The van der Waals surface area contributed by atoms with Crippen molar-refractivity contribution < 1.29 is 23.9 Å². The summed E-state index contributed by atoms with van der Waals surface area (Å²) in [5, 5.41) is 6.57. The number of esters is 1. The maximum absolute atomic E-state index is 12.3. The minimum atomic E-state index is -0.672. The van der Waals surface area contributed by atoms with Crippen molar-refractivity contribution in [1.82, 2.24) is 15.5 Å². The van der Waals surface area contributed by atoms with E-state index in [1.807, 2.05) is 25.3 Å². The summed E-state index contributed by atoms with van der Waals surface area (Å²) in [5.74, 6) is -1.52. The van der Waals surface area contributed by atoms with E-state index in [2.05, 4.69) is 10.6 Å². The Hall–Kier alpha value is -2.42. The van der Waals surface area contributed by atoms with Crippen LogP contribution in [0.15, 0.2) is 17.5 Å². The minimum absolute atomic E-state index is 0.0245. The van der Waals surface area contributed by atoms with Crippen molar-refractivity contribution >= 4 is 35.2 Å². The fourth-order valence-electron chi connectivity index (χ4n) is 2.65. The molecule has 27 heavy (non-hydrogen) atoms. The molecule has 0 saturated carbocycles. The first-order chi connectivity index (χ1) is 12.9. The van der Waals surface area contributed by atoms with E-state index < -0.39 is 24.5 Å². The van der Waals surface area contributed by atoms with Gasteiger partial charge in [-0.1, -0.05) is 13.0 Å². The number of urea groups is 1. The summed E-state index contributed by atoms with van der Waals surface area (Å²) in [6.45, 7) is 4.18. The number of hydrogen-bond donors (Lipinski definition) is 2. The number of piperidine rings is 1. The quantitative estimate of drug-likeness (QED) is 0.714. The molecule has 1 aromatic rings. The Labute approximate surface area is 162 Å². The third kappa shape index (κ3) is 6.35. The standard InChI is InChI=1S/C18H25N3O5S/c1-3-12(2)19-18(25)20-15(22)11-26-17(24)13-6-8-21(9-7-13)16(23)14-5-4-10-27-14/h4-5,10,12-13H,3,6-9,11H2,1-2H3,(H2,19,20,22,25)/t12-/m0/s1. The lowest BCUT2D eigenvalue weighted by molar-refractivity contribution is -0.153. The van der Waals surface area contributed by atoms with Crippen LogP contribution in [0.4, 0.5) is 4.79 Å². The predicted octanol–water partition coefficient (Wildman–Crippen LogP) is 1.77. The molecule has 2 rings (SSSR count). The molecule has 0 aromatic carbocycles. The molecule has 1 atom stereocenters.